The topological polar surface area (TPSA) is 15.8 Å². The van der Waals surface area contributed by atoms with Gasteiger partial charge < -0.3 is 4.98 Å². The number of hydrogen-bond donors (Lipinski definition) is 1. The van der Waals surface area contributed by atoms with Crippen molar-refractivity contribution in [1.82, 2.24) is 4.98 Å². The maximum absolute atomic E-state index is 3.20. The van der Waals surface area contributed by atoms with Crippen molar-refractivity contribution in [1.29, 1.82) is 0 Å². The molecule has 1 aromatic rings. The second-order valence-corrected chi connectivity index (χ2v) is 3.53. The van der Waals surface area contributed by atoms with Crippen molar-refractivity contribution >= 4 is 5.57 Å². The molecule has 0 radical (unpaired) electrons. The number of aryl methyl sites for hydroxylation is 1. The highest BCUT2D eigenvalue weighted by atomic mass is 14.7. The van der Waals surface area contributed by atoms with Gasteiger partial charge in [-0.25, -0.2) is 0 Å². The Bertz CT molecular complexity index is 378. The van der Waals surface area contributed by atoms with Crippen molar-refractivity contribution in [3.05, 3.63) is 53.9 Å². The number of hydrogen-bond acceptors (Lipinski definition) is 0. The van der Waals surface area contributed by atoms with Crippen molar-refractivity contribution in [3.63, 3.8) is 0 Å². The molecule has 0 saturated heterocycles. The lowest BCUT2D eigenvalue weighted by Crippen LogP contribution is -1.75. The third-order valence-corrected chi connectivity index (χ3v) is 2.15. The van der Waals surface area contributed by atoms with Crippen molar-refractivity contribution in [3.8, 4) is 0 Å². The smallest absolute Gasteiger partial charge is 0.0121 e. The van der Waals surface area contributed by atoms with E-state index < -0.39 is 0 Å². The molecule has 0 fully saturated rings. The summed E-state index contributed by atoms with van der Waals surface area (Å²) in [5, 5.41) is 0. The van der Waals surface area contributed by atoms with Crippen LogP contribution in [0.15, 0.2) is 42.6 Å². The summed E-state index contributed by atoms with van der Waals surface area (Å²) >= 11 is 0. The summed E-state index contributed by atoms with van der Waals surface area (Å²) in [6, 6.07) is 2.16. The molecule has 1 heterocycles. The highest BCUT2D eigenvalue weighted by molar-refractivity contribution is 5.75. The van der Waals surface area contributed by atoms with E-state index in [2.05, 4.69) is 55.3 Å². The van der Waals surface area contributed by atoms with Gasteiger partial charge in [-0.1, -0.05) is 37.3 Å². The minimum absolute atomic E-state index is 1.08. The van der Waals surface area contributed by atoms with Gasteiger partial charge in [0, 0.05) is 11.9 Å². The molecular weight excluding hydrogens is 182 g/mol. The van der Waals surface area contributed by atoms with Crippen LogP contribution in [0, 0.1) is 6.92 Å². The Balaban J connectivity index is 2.92. The molecule has 1 aromatic heterocycles. The van der Waals surface area contributed by atoms with Gasteiger partial charge in [0.05, 0.1) is 0 Å². The fourth-order valence-electron chi connectivity index (χ4n) is 1.41. The molecule has 0 unspecified atom stereocenters. The molecule has 0 aliphatic rings. The van der Waals surface area contributed by atoms with Crippen molar-refractivity contribution in [2.75, 3.05) is 0 Å². The second-order valence-electron chi connectivity index (χ2n) is 3.53. The van der Waals surface area contributed by atoms with Gasteiger partial charge in [0.1, 0.15) is 0 Å². The van der Waals surface area contributed by atoms with Crippen LogP contribution in [0.3, 0.4) is 0 Å². The van der Waals surface area contributed by atoms with E-state index >= 15 is 0 Å². The van der Waals surface area contributed by atoms with Crippen molar-refractivity contribution in [2.24, 2.45) is 0 Å². The van der Waals surface area contributed by atoms with Crippen LogP contribution in [0.4, 0.5) is 0 Å². The van der Waals surface area contributed by atoms with Crippen LogP contribution in [0.5, 0.6) is 0 Å². The van der Waals surface area contributed by atoms with Crippen LogP contribution in [0.1, 0.15) is 31.5 Å². The summed E-state index contributed by atoms with van der Waals surface area (Å²) in [6.07, 6.45) is 13.7. The first-order chi connectivity index (χ1) is 7.27. The lowest BCUT2D eigenvalue weighted by atomic mass is 10.1. The number of aromatic nitrogens is 1. The molecule has 0 saturated carbocycles. The lowest BCUT2D eigenvalue weighted by Gasteiger charge is -1.95. The maximum atomic E-state index is 3.20. The molecule has 80 valence electrons. The Morgan fingerprint density at radius 2 is 2.27 bits per heavy atom. The largest absolute Gasteiger partial charge is 0.365 e. The molecule has 0 bridgehead atoms. The predicted octanol–water partition coefficient (Wildman–Crippen LogP) is 4.25. The number of H-pyrrole nitrogens is 1. The number of rotatable bonds is 4. The Labute approximate surface area is 92.2 Å². The van der Waals surface area contributed by atoms with E-state index in [0.717, 1.165) is 6.42 Å². The van der Waals surface area contributed by atoms with Crippen LogP contribution >= 0.6 is 0 Å². The number of aromatic amines is 1. The molecule has 0 atom stereocenters. The average Bonchev–Trinajstić information content (AvgIpc) is 2.64. The average molecular weight is 201 g/mol. The molecule has 0 aliphatic carbocycles. The standard InChI is InChI=1S/C14H19N/c1-4-6-7-9-13(8-5-2)14-10-12(3)15-11-14/h5-11,15H,4H2,1-3H3/b7-6+,8-5-,13-9+. The van der Waals surface area contributed by atoms with E-state index in [0.29, 0.717) is 0 Å². The Morgan fingerprint density at radius 1 is 1.47 bits per heavy atom. The quantitative estimate of drug-likeness (QED) is 0.701. The maximum Gasteiger partial charge on any atom is 0.0121 e. The minimum Gasteiger partial charge on any atom is -0.365 e. The second kappa shape index (κ2) is 6.07. The Morgan fingerprint density at radius 3 is 2.80 bits per heavy atom. The molecule has 0 aromatic carbocycles. The van der Waals surface area contributed by atoms with E-state index in [1.807, 2.05) is 13.1 Å². The zero-order valence-corrected chi connectivity index (χ0v) is 9.75. The van der Waals surface area contributed by atoms with Gasteiger partial charge in [0.2, 0.25) is 0 Å². The van der Waals surface area contributed by atoms with E-state index in [1.54, 1.807) is 0 Å². The zero-order chi connectivity index (χ0) is 11.1. The molecule has 0 spiro atoms. The van der Waals surface area contributed by atoms with Crippen LogP contribution in [-0.2, 0) is 0 Å². The van der Waals surface area contributed by atoms with Crippen LogP contribution < -0.4 is 0 Å². The number of nitrogens with one attached hydrogen (secondary N) is 1. The van der Waals surface area contributed by atoms with Crippen LogP contribution in [0.25, 0.3) is 5.57 Å². The summed E-state index contributed by atoms with van der Waals surface area (Å²) in [5.74, 6) is 0. The normalized spacial score (nSPS) is 13.1. The highest BCUT2D eigenvalue weighted by Gasteiger charge is 1.98. The molecule has 1 heteroatoms. The van der Waals surface area contributed by atoms with Gasteiger partial charge in [-0.3, -0.25) is 0 Å². The highest BCUT2D eigenvalue weighted by Crippen LogP contribution is 2.17. The fraction of sp³-hybridized carbons (Fsp3) is 0.286. The third kappa shape index (κ3) is 3.62. The van der Waals surface area contributed by atoms with Gasteiger partial charge in [-0.15, -0.1) is 0 Å². The lowest BCUT2D eigenvalue weighted by molar-refractivity contribution is 1.22. The molecule has 1 nitrogen and oxygen atoms in total. The minimum atomic E-state index is 1.08. The molecule has 1 rings (SSSR count). The van der Waals surface area contributed by atoms with E-state index in [1.165, 1.54) is 16.8 Å². The van der Waals surface area contributed by atoms with Crippen molar-refractivity contribution in [2.45, 2.75) is 27.2 Å². The monoisotopic (exact) mass is 201 g/mol. The van der Waals surface area contributed by atoms with Crippen LogP contribution in [0.2, 0.25) is 0 Å². The molecular formula is C14H19N. The summed E-state index contributed by atoms with van der Waals surface area (Å²) in [6.45, 7) is 6.25. The summed E-state index contributed by atoms with van der Waals surface area (Å²) in [5.41, 5.74) is 3.68. The summed E-state index contributed by atoms with van der Waals surface area (Å²) < 4.78 is 0. The van der Waals surface area contributed by atoms with Gasteiger partial charge in [0.15, 0.2) is 0 Å². The first-order valence-corrected chi connectivity index (χ1v) is 5.42. The molecule has 0 aliphatic heterocycles. The van der Waals surface area contributed by atoms with E-state index in [-0.39, 0.29) is 0 Å². The van der Waals surface area contributed by atoms with Gasteiger partial charge >= 0.3 is 0 Å². The van der Waals surface area contributed by atoms with Crippen molar-refractivity contribution < 1.29 is 0 Å². The zero-order valence-electron chi connectivity index (χ0n) is 9.75. The first-order valence-electron chi connectivity index (χ1n) is 5.42. The molecule has 1 N–H and O–H groups in total. The van der Waals surface area contributed by atoms with E-state index in [9.17, 15) is 0 Å². The fourth-order valence-corrected chi connectivity index (χ4v) is 1.41. The van der Waals surface area contributed by atoms with Gasteiger partial charge in [0.25, 0.3) is 0 Å². The van der Waals surface area contributed by atoms with E-state index in [4.69, 9.17) is 0 Å². The summed E-state index contributed by atoms with van der Waals surface area (Å²) in [7, 11) is 0. The summed E-state index contributed by atoms with van der Waals surface area (Å²) in [4.78, 5) is 3.20. The predicted molar refractivity (Wildman–Crippen MR) is 67.8 cm³/mol. The van der Waals surface area contributed by atoms with Crippen LogP contribution in [-0.4, -0.2) is 4.98 Å². The van der Waals surface area contributed by atoms with Gasteiger partial charge in [-0.05, 0) is 37.5 Å². The third-order valence-electron chi connectivity index (χ3n) is 2.15. The van der Waals surface area contributed by atoms with Gasteiger partial charge in [-0.2, -0.15) is 0 Å². The SMILES string of the molecule is C\C=C/C(=C\C=C\CC)c1c[nH]c(C)c1. The Hall–Kier alpha value is -1.50. The first kappa shape index (κ1) is 11.6. The Kier molecular flexibility index (Phi) is 4.69. The number of allylic oxidation sites excluding steroid dienone is 6. The molecule has 15 heavy (non-hydrogen) atoms. The molecule has 0 amide bonds.